The molecule has 19 heavy (non-hydrogen) atoms. The largest absolute Gasteiger partial charge is 0.493 e. The van der Waals surface area contributed by atoms with Gasteiger partial charge in [-0.15, -0.1) is 0 Å². The van der Waals surface area contributed by atoms with Crippen molar-refractivity contribution in [3.63, 3.8) is 0 Å². The molecule has 0 unspecified atom stereocenters. The van der Waals surface area contributed by atoms with Crippen molar-refractivity contribution in [2.45, 2.75) is 33.6 Å². The molecule has 0 aromatic heterocycles. The van der Waals surface area contributed by atoms with Gasteiger partial charge >= 0.3 is 0 Å². The van der Waals surface area contributed by atoms with Gasteiger partial charge in [-0.25, -0.2) is 0 Å². The molecule has 1 aliphatic rings. The molecule has 1 N–H and O–H groups in total. The lowest BCUT2D eigenvalue weighted by Gasteiger charge is -2.07. The molecule has 0 saturated heterocycles. The van der Waals surface area contributed by atoms with Crippen LogP contribution in [0.1, 0.15) is 38.3 Å². The van der Waals surface area contributed by atoms with Crippen LogP contribution in [0.25, 0.3) is 5.57 Å². The van der Waals surface area contributed by atoms with Crippen molar-refractivity contribution >= 4 is 5.57 Å². The minimum absolute atomic E-state index is 0.724. The maximum Gasteiger partial charge on any atom is 0.122 e. The Morgan fingerprint density at radius 2 is 2.26 bits per heavy atom. The maximum atomic E-state index is 5.54. The summed E-state index contributed by atoms with van der Waals surface area (Å²) in [5.74, 6) is 1.79. The first-order valence-electron chi connectivity index (χ1n) is 7.30. The lowest BCUT2D eigenvalue weighted by molar-refractivity contribution is 0.357. The minimum atomic E-state index is 0.724. The molecule has 0 atom stereocenters. The molecule has 1 aliphatic heterocycles. The summed E-state index contributed by atoms with van der Waals surface area (Å²) in [5, 5.41) is 3.47. The van der Waals surface area contributed by atoms with Gasteiger partial charge < -0.3 is 10.1 Å². The summed E-state index contributed by atoms with van der Waals surface area (Å²) in [5.41, 5.74) is 4.04. The standard InChI is InChI=1S/C17H25NO/c1-13(2)12-18-9-4-5-14(3)15-6-7-17-16(11-15)8-10-19-17/h5-7,11,13,18H,4,8-10,12H2,1-3H3/b14-5-. The number of nitrogens with one attached hydrogen (secondary N) is 1. The van der Waals surface area contributed by atoms with Crippen LogP contribution in [0.4, 0.5) is 0 Å². The van der Waals surface area contributed by atoms with Crippen molar-refractivity contribution in [2.75, 3.05) is 19.7 Å². The van der Waals surface area contributed by atoms with Crippen LogP contribution in [0, 0.1) is 5.92 Å². The van der Waals surface area contributed by atoms with Gasteiger partial charge in [0.1, 0.15) is 5.75 Å². The lowest BCUT2D eigenvalue weighted by atomic mass is 10.0. The van der Waals surface area contributed by atoms with Gasteiger partial charge in [-0.2, -0.15) is 0 Å². The van der Waals surface area contributed by atoms with E-state index in [9.17, 15) is 0 Å². The fraction of sp³-hybridized carbons (Fsp3) is 0.529. The molecule has 2 nitrogen and oxygen atoms in total. The van der Waals surface area contributed by atoms with E-state index in [0.29, 0.717) is 0 Å². The monoisotopic (exact) mass is 259 g/mol. The highest BCUT2D eigenvalue weighted by molar-refractivity contribution is 5.65. The summed E-state index contributed by atoms with van der Waals surface area (Å²) in [6.07, 6.45) is 4.46. The summed E-state index contributed by atoms with van der Waals surface area (Å²) >= 11 is 0. The highest BCUT2D eigenvalue weighted by atomic mass is 16.5. The van der Waals surface area contributed by atoms with Crippen molar-refractivity contribution in [1.29, 1.82) is 0 Å². The molecule has 1 aromatic carbocycles. The van der Waals surface area contributed by atoms with E-state index in [4.69, 9.17) is 4.74 Å². The van der Waals surface area contributed by atoms with E-state index in [0.717, 1.165) is 44.2 Å². The Morgan fingerprint density at radius 1 is 1.42 bits per heavy atom. The summed E-state index contributed by atoms with van der Waals surface area (Å²) in [4.78, 5) is 0. The zero-order valence-electron chi connectivity index (χ0n) is 12.3. The molecule has 104 valence electrons. The van der Waals surface area contributed by atoms with Gasteiger partial charge in [-0.3, -0.25) is 0 Å². The molecule has 2 heteroatoms. The van der Waals surface area contributed by atoms with Gasteiger partial charge in [0.05, 0.1) is 6.61 Å². The number of hydrogen-bond acceptors (Lipinski definition) is 2. The second-order valence-electron chi connectivity index (χ2n) is 5.69. The topological polar surface area (TPSA) is 21.3 Å². The van der Waals surface area contributed by atoms with Crippen LogP contribution in [0.2, 0.25) is 0 Å². The van der Waals surface area contributed by atoms with Crippen molar-refractivity contribution < 1.29 is 4.74 Å². The zero-order chi connectivity index (χ0) is 13.7. The first-order valence-corrected chi connectivity index (χ1v) is 7.30. The highest BCUT2D eigenvalue weighted by Gasteiger charge is 2.12. The van der Waals surface area contributed by atoms with E-state index in [2.05, 4.69) is 50.4 Å². The molecular formula is C17H25NO. The molecule has 0 aliphatic carbocycles. The predicted octanol–water partition coefficient (Wildman–Crippen LogP) is 3.66. The van der Waals surface area contributed by atoms with E-state index < -0.39 is 0 Å². The van der Waals surface area contributed by atoms with Gasteiger partial charge in [-0.05, 0) is 61.2 Å². The smallest absolute Gasteiger partial charge is 0.122 e. The Balaban J connectivity index is 1.86. The van der Waals surface area contributed by atoms with Crippen LogP contribution in [0.15, 0.2) is 24.3 Å². The molecule has 1 heterocycles. The van der Waals surface area contributed by atoms with Gasteiger partial charge in [0.2, 0.25) is 0 Å². The Labute approximate surface area is 116 Å². The second kappa shape index (κ2) is 6.76. The summed E-state index contributed by atoms with van der Waals surface area (Å²) < 4.78 is 5.54. The molecule has 0 amide bonds. The van der Waals surface area contributed by atoms with Crippen LogP contribution < -0.4 is 10.1 Å². The molecule has 0 fully saturated rings. The van der Waals surface area contributed by atoms with E-state index in [1.165, 1.54) is 16.7 Å². The second-order valence-corrected chi connectivity index (χ2v) is 5.69. The third-order valence-corrected chi connectivity index (χ3v) is 3.47. The molecule has 0 spiro atoms. The van der Waals surface area contributed by atoms with Gasteiger partial charge in [0, 0.05) is 6.42 Å². The minimum Gasteiger partial charge on any atom is -0.493 e. The van der Waals surface area contributed by atoms with Crippen molar-refractivity contribution in [2.24, 2.45) is 5.92 Å². The Morgan fingerprint density at radius 3 is 3.05 bits per heavy atom. The molecule has 0 bridgehead atoms. The lowest BCUT2D eigenvalue weighted by Crippen LogP contribution is -2.20. The fourth-order valence-electron chi connectivity index (χ4n) is 2.33. The van der Waals surface area contributed by atoms with Crippen molar-refractivity contribution in [3.8, 4) is 5.75 Å². The average molecular weight is 259 g/mol. The Kier molecular flexibility index (Phi) is 5.03. The first kappa shape index (κ1) is 14.1. The number of rotatable bonds is 6. The Bertz CT molecular complexity index is 449. The fourth-order valence-corrected chi connectivity index (χ4v) is 2.33. The summed E-state index contributed by atoms with van der Waals surface area (Å²) in [6.45, 7) is 9.66. The van der Waals surface area contributed by atoms with E-state index in [1.54, 1.807) is 0 Å². The SMILES string of the molecule is C/C(=C/CCNCC(C)C)c1ccc2c(c1)CCO2. The van der Waals surface area contributed by atoms with E-state index in [-0.39, 0.29) is 0 Å². The average Bonchev–Trinajstić information content (AvgIpc) is 2.84. The van der Waals surface area contributed by atoms with Crippen molar-refractivity contribution in [3.05, 3.63) is 35.4 Å². The van der Waals surface area contributed by atoms with Gasteiger partial charge in [-0.1, -0.05) is 26.0 Å². The third-order valence-electron chi connectivity index (χ3n) is 3.47. The van der Waals surface area contributed by atoms with Crippen LogP contribution in [-0.2, 0) is 6.42 Å². The maximum absolute atomic E-state index is 5.54. The molecular weight excluding hydrogens is 234 g/mol. The molecule has 2 rings (SSSR count). The number of ether oxygens (including phenoxy) is 1. The summed E-state index contributed by atoms with van der Waals surface area (Å²) in [7, 11) is 0. The first-order chi connectivity index (χ1) is 9.16. The number of benzene rings is 1. The molecule has 0 radical (unpaired) electrons. The van der Waals surface area contributed by atoms with E-state index >= 15 is 0 Å². The number of allylic oxidation sites excluding steroid dienone is 1. The van der Waals surface area contributed by atoms with Crippen LogP contribution in [0.3, 0.4) is 0 Å². The summed E-state index contributed by atoms with van der Waals surface area (Å²) in [6, 6.07) is 6.54. The molecule has 1 aromatic rings. The third kappa shape index (κ3) is 4.10. The van der Waals surface area contributed by atoms with Crippen molar-refractivity contribution in [1.82, 2.24) is 5.32 Å². The Hall–Kier alpha value is -1.28. The normalized spacial score (nSPS) is 14.6. The number of hydrogen-bond donors (Lipinski definition) is 1. The molecule has 0 saturated carbocycles. The van der Waals surface area contributed by atoms with Crippen LogP contribution >= 0.6 is 0 Å². The zero-order valence-corrected chi connectivity index (χ0v) is 12.3. The highest BCUT2D eigenvalue weighted by Crippen LogP contribution is 2.28. The van der Waals surface area contributed by atoms with E-state index in [1.807, 2.05) is 0 Å². The quantitative estimate of drug-likeness (QED) is 0.787. The predicted molar refractivity (Wildman–Crippen MR) is 81.6 cm³/mol. The van der Waals surface area contributed by atoms with Crippen LogP contribution in [0.5, 0.6) is 5.75 Å². The van der Waals surface area contributed by atoms with Crippen LogP contribution in [-0.4, -0.2) is 19.7 Å². The number of fused-ring (bicyclic) bond motifs is 1. The van der Waals surface area contributed by atoms with Gasteiger partial charge in [0.25, 0.3) is 0 Å². The van der Waals surface area contributed by atoms with Gasteiger partial charge in [0.15, 0.2) is 0 Å².